The molecule has 0 spiro atoms. The third-order valence-electron chi connectivity index (χ3n) is 5.06. The molecular formula is C24H31ClN2O4. The van der Waals surface area contributed by atoms with E-state index >= 15 is 0 Å². The van der Waals surface area contributed by atoms with E-state index in [1.165, 1.54) is 0 Å². The Bertz CT molecular complexity index is 874. The molecule has 0 aliphatic rings. The number of methoxy groups -OCH3 is 1. The van der Waals surface area contributed by atoms with Gasteiger partial charge in [0, 0.05) is 12.6 Å². The summed E-state index contributed by atoms with van der Waals surface area (Å²) >= 11 is 6.14. The van der Waals surface area contributed by atoms with Crippen LogP contribution in [-0.2, 0) is 16.1 Å². The topological polar surface area (TPSA) is 67.9 Å². The minimum absolute atomic E-state index is 0.0229. The van der Waals surface area contributed by atoms with E-state index in [1.807, 2.05) is 45.0 Å². The van der Waals surface area contributed by atoms with Gasteiger partial charge < -0.3 is 19.7 Å². The second-order valence-corrected chi connectivity index (χ2v) is 7.74. The second-order valence-electron chi connectivity index (χ2n) is 7.33. The first-order chi connectivity index (χ1) is 14.9. The molecule has 1 N–H and O–H groups in total. The van der Waals surface area contributed by atoms with E-state index in [0.29, 0.717) is 22.9 Å². The molecule has 0 aromatic heterocycles. The lowest BCUT2D eigenvalue weighted by Gasteiger charge is -2.31. The minimum Gasteiger partial charge on any atom is -0.497 e. The van der Waals surface area contributed by atoms with Crippen molar-refractivity contribution in [3.05, 3.63) is 59.1 Å². The van der Waals surface area contributed by atoms with Crippen LogP contribution in [0.1, 0.15) is 39.2 Å². The summed E-state index contributed by atoms with van der Waals surface area (Å²) < 4.78 is 11.0. The van der Waals surface area contributed by atoms with Crippen molar-refractivity contribution in [2.45, 2.75) is 52.2 Å². The van der Waals surface area contributed by atoms with E-state index in [4.69, 9.17) is 21.1 Å². The summed E-state index contributed by atoms with van der Waals surface area (Å²) in [7, 11) is 1.59. The fourth-order valence-corrected chi connectivity index (χ4v) is 3.30. The third-order valence-corrected chi connectivity index (χ3v) is 5.37. The maximum Gasteiger partial charge on any atom is 0.261 e. The Labute approximate surface area is 189 Å². The van der Waals surface area contributed by atoms with Crippen molar-refractivity contribution in [3.63, 3.8) is 0 Å². The van der Waals surface area contributed by atoms with Gasteiger partial charge in [0.2, 0.25) is 5.91 Å². The molecule has 2 aromatic carbocycles. The van der Waals surface area contributed by atoms with Gasteiger partial charge in [-0.25, -0.2) is 0 Å². The van der Waals surface area contributed by atoms with Crippen LogP contribution in [0.4, 0.5) is 0 Å². The molecule has 0 heterocycles. The lowest BCUT2D eigenvalue weighted by Crippen LogP contribution is -2.51. The monoisotopic (exact) mass is 446 g/mol. The molecule has 2 amide bonds. The van der Waals surface area contributed by atoms with E-state index < -0.39 is 6.04 Å². The number of nitrogens with one attached hydrogen (secondary N) is 1. The average molecular weight is 447 g/mol. The summed E-state index contributed by atoms with van der Waals surface area (Å²) in [6, 6.07) is 13.8. The smallest absolute Gasteiger partial charge is 0.261 e. The van der Waals surface area contributed by atoms with Crippen molar-refractivity contribution >= 4 is 23.4 Å². The molecule has 0 saturated carbocycles. The van der Waals surface area contributed by atoms with Gasteiger partial charge in [0.25, 0.3) is 5.91 Å². The van der Waals surface area contributed by atoms with Crippen LogP contribution in [0, 0.1) is 0 Å². The van der Waals surface area contributed by atoms with Crippen LogP contribution in [0.5, 0.6) is 11.5 Å². The van der Waals surface area contributed by atoms with E-state index in [9.17, 15) is 9.59 Å². The van der Waals surface area contributed by atoms with Crippen molar-refractivity contribution in [2.24, 2.45) is 0 Å². The fourth-order valence-electron chi connectivity index (χ4n) is 3.11. The predicted octanol–water partition coefficient (Wildman–Crippen LogP) is 4.45. The van der Waals surface area contributed by atoms with Gasteiger partial charge >= 0.3 is 0 Å². The molecule has 2 atom stereocenters. The third kappa shape index (κ3) is 7.17. The molecule has 7 heteroatoms. The Morgan fingerprint density at radius 1 is 1.10 bits per heavy atom. The van der Waals surface area contributed by atoms with Crippen LogP contribution >= 0.6 is 11.6 Å². The maximum absolute atomic E-state index is 13.2. The highest BCUT2D eigenvalue weighted by Crippen LogP contribution is 2.23. The predicted molar refractivity (Wildman–Crippen MR) is 122 cm³/mol. The number of para-hydroxylation sites is 1. The number of rotatable bonds is 11. The molecular weight excluding hydrogens is 416 g/mol. The van der Waals surface area contributed by atoms with Crippen LogP contribution in [-0.4, -0.2) is 42.5 Å². The lowest BCUT2D eigenvalue weighted by atomic mass is 10.1. The number of benzene rings is 2. The molecule has 6 nitrogen and oxygen atoms in total. The Balaban J connectivity index is 2.25. The quantitative estimate of drug-likeness (QED) is 0.553. The molecule has 0 saturated heterocycles. The largest absolute Gasteiger partial charge is 0.497 e. The highest BCUT2D eigenvalue weighted by molar-refractivity contribution is 6.32. The molecule has 31 heavy (non-hydrogen) atoms. The summed E-state index contributed by atoms with van der Waals surface area (Å²) in [6.07, 6.45) is 1.28. The van der Waals surface area contributed by atoms with Crippen LogP contribution in [0.3, 0.4) is 0 Å². The highest BCUT2D eigenvalue weighted by Gasteiger charge is 2.29. The standard InChI is InChI=1S/C24H31ClN2O4/c1-5-17(3)26-24(29)21(6-2)27(15-18-10-9-11-19(14-18)30-4)23(28)16-31-22-13-8-7-12-20(22)25/h7-14,17,21H,5-6,15-16H2,1-4H3,(H,26,29). The van der Waals surface area contributed by atoms with Gasteiger partial charge in [-0.15, -0.1) is 0 Å². The van der Waals surface area contributed by atoms with Crippen molar-refractivity contribution in [2.75, 3.05) is 13.7 Å². The minimum atomic E-state index is -0.623. The number of halogens is 1. The highest BCUT2D eigenvalue weighted by atomic mass is 35.5. The second kappa shape index (κ2) is 12.2. The maximum atomic E-state index is 13.2. The molecule has 0 fully saturated rings. The zero-order valence-corrected chi connectivity index (χ0v) is 19.3. The Hall–Kier alpha value is -2.73. The summed E-state index contributed by atoms with van der Waals surface area (Å²) in [5.74, 6) is 0.644. The molecule has 168 valence electrons. The van der Waals surface area contributed by atoms with Crippen molar-refractivity contribution in [1.82, 2.24) is 10.2 Å². The van der Waals surface area contributed by atoms with Gasteiger partial charge in [-0.3, -0.25) is 9.59 Å². The number of carbonyl (C=O) groups excluding carboxylic acids is 2. The number of ether oxygens (including phenoxy) is 2. The summed E-state index contributed by atoms with van der Waals surface area (Å²) in [5.41, 5.74) is 0.861. The van der Waals surface area contributed by atoms with Crippen LogP contribution in [0.15, 0.2) is 48.5 Å². The molecule has 0 bridgehead atoms. The number of hydrogen-bond acceptors (Lipinski definition) is 4. The van der Waals surface area contributed by atoms with Crippen LogP contribution in [0.25, 0.3) is 0 Å². The first-order valence-corrected chi connectivity index (χ1v) is 10.9. The van der Waals surface area contributed by atoms with E-state index in [-0.39, 0.29) is 31.0 Å². The first kappa shape index (κ1) is 24.5. The normalized spacial score (nSPS) is 12.5. The summed E-state index contributed by atoms with van der Waals surface area (Å²) in [4.78, 5) is 27.7. The van der Waals surface area contributed by atoms with Gasteiger partial charge in [0.1, 0.15) is 17.5 Å². The van der Waals surface area contributed by atoms with Crippen molar-refractivity contribution in [1.29, 1.82) is 0 Å². The molecule has 0 aliphatic carbocycles. The first-order valence-electron chi connectivity index (χ1n) is 10.5. The number of carbonyl (C=O) groups is 2. The lowest BCUT2D eigenvalue weighted by molar-refractivity contribution is -0.143. The average Bonchev–Trinajstić information content (AvgIpc) is 2.78. The Kier molecular flexibility index (Phi) is 9.66. The summed E-state index contributed by atoms with van der Waals surface area (Å²) in [5, 5.41) is 3.41. The SMILES string of the molecule is CCC(C)NC(=O)C(CC)N(Cc1cccc(OC)c1)C(=O)COc1ccccc1Cl. The Morgan fingerprint density at radius 2 is 1.84 bits per heavy atom. The molecule has 0 aliphatic heterocycles. The van der Waals surface area contributed by atoms with Crippen molar-refractivity contribution < 1.29 is 19.1 Å². The van der Waals surface area contributed by atoms with E-state index in [2.05, 4.69) is 5.32 Å². The zero-order valence-electron chi connectivity index (χ0n) is 18.6. The molecule has 2 unspecified atom stereocenters. The van der Waals surface area contributed by atoms with E-state index in [0.717, 1.165) is 12.0 Å². The van der Waals surface area contributed by atoms with Crippen molar-refractivity contribution in [3.8, 4) is 11.5 Å². The van der Waals surface area contributed by atoms with E-state index in [1.54, 1.807) is 36.3 Å². The Morgan fingerprint density at radius 3 is 2.48 bits per heavy atom. The van der Waals surface area contributed by atoms with Gasteiger partial charge in [-0.05, 0) is 49.6 Å². The molecule has 2 rings (SSSR count). The molecule has 2 aromatic rings. The van der Waals surface area contributed by atoms with Gasteiger partial charge in [0.05, 0.1) is 12.1 Å². The molecule has 0 radical (unpaired) electrons. The number of amides is 2. The van der Waals surface area contributed by atoms with Crippen LogP contribution < -0.4 is 14.8 Å². The van der Waals surface area contributed by atoms with Gasteiger partial charge in [-0.2, -0.15) is 0 Å². The van der Waals surface area contributed by atoms with Gasteiger partial charge in [-0.1, -0.05) is 49.7 Å². The van der Waals surface area contributed by atoms with Gasteiger partial charge in [0.15, 0.2) is 6.61 Å². The zero-order chi connectivity index (χ0) is 22.8. The summed E-state index contributed by atoms with van der Waals surface area (Å²) in [6.45, 7) is 5.87. The number of hydrogen-bond donors (Lipinski definition) is 1. The van der Waals surface area contributed by atoms with Crippen LogP contribution in [0.2, 0.25) is 5.02 Å². The fraction of sp³-hybridized carbons (Fsp3) is 0.417. The number of nitrogens with zero attached hydrogens (tertiary/aromatic N) is 1.